The van der Waals surface area contributed by atoms with Crippen LogP contribution in [-0.2, 0) is 9.53 Å². The van der Waals surface area contributed by atoms with Gasteiger partial charge in [0.25, 0.3) is 0 Å². The van der Waals surface area contributed by atoms with Crippen LogP contribution in [0, 0.1) is 11.8 Å². The van der Waals surface area contributed by atoms with Crippen molar-refractivity contribution >= 4 is 29.4 Å². The molecule has 0 radical (unpaired) electrons. The Morgan fingerprint density at radius 1 is 1.23 bits per heavy atom. The van der Waals surface area contributed by atoms with Gasteiger partial charge in [-0.2, -0.15) is 0 Å². The summed E-state index contributed by atoms with van der Waals surface area (Å²) in [5.74, 6) is 3.21. The molecule has 1 amide bonds. The Morgan fingerprint density at radius 3 is 2.68 bits per heavy atom. The molecule has 22 heavy (non-hydrogen) atoms. The molecule has 0 N–H and O–H groups in total. The zero-order chi connectivity index (χ0) is 14.9. The molecule has 4 aliphatic rings. The Labute approximate surface area is 139 Å². The fourth-order valence-electron chi connectivity index (χ4n) is 4.75. The average Bonchev–Trinajstić information content (AvgIpc) is 3.15. The van der Waals surface area contributed by atoms with Gasteiger partial charge in [-0.05, 0) is 18.9 Å². The van der Waals surface area contributed by atoms with E-state index in [4.69, 9.17) is 4.74 Å². The van der Waals surface area contributed by atoms with Crippen LogP contribution in [0.4, 0.5) is 0 Å². The van der Waals surface area contributed by atoms with Crippen LogP contribution in [0.3, 0.4) is 0 Å². The van der Waals surface area contributed by atoms with Gasteiger partial charge in [0.15, 0.2) is 0 Å². The third-order valence-electron chi connectivity index (χ3n) is 5.86. The lowest BCUT2D eigenvalue weighted by Gasteiger charge is -2.49. The summed E-state index contributed by atoms with van der Waals surface area (Å²) in [4.78, 5) is 15.3. The molecule has 1 spiro atoms. The molecule has 5 heteroatoms. The number of carbonyl (C=O) groups is 1. The van der Waals surface area contributed by atoms with Crippen LogP contribution in [-0.4, -0.2) is 38.7 Å². The first kappa shape index (κ1) is 13.8. The molecule has 3 saturated heterocycles. The highest BCUT2D eigenvalue weighted by Crippen LogP contribution is 2.70. The summed E-state index contributed by atoms with van der Waals surface area (Å²) in [7, 11) is 0. The van der Waals surface area contributed by atoms with Gasteiger partial charge < -0.3 is 9.64 Å². The van der Waals surface area contributed by atoms with E-state index in [2.05, 4.69) is 24.0 Å². The van der Waals surface area contributed by atoms with Crippen molar-refractivity contribution in [2.45, 2.75) is 29.2 Å². The van der Waals surface area contributed by atoms with E-state index in [1.807, 2.05) is 41.7 Å². The summed E-state index contributed by atoms with van der Waals surface area (Å²) in [5, 5.41) is 0. The lowest BCUT2D eigenvalue weighted by molar-refractivity contribution is -0.138. The summed E-state index contributed by atoms with van der Waals surface area (Å²) >= 11 is 4.01. The van der Waals surface area contributed by atoms with Gasteiger partial charge in [0.1, 0.15) is 5.72 Å². The first-order valence-corrected chi connectivity index (χ1v) is 9.93. The van der Waals surface area contributed by atoms with E-state index in [1.165, 1.54) is 17.1 Å². The minimum Gasteiger partial charge on any atom is -0.353 e. The maximum Gasteiger partial charge on any atom is 0.231 e. The number of rotatable bonds is 1. The van der Waals surface area contributed by atoms with Crippen molar-refractivity contribution in [1.29, 1.82) is 0 Å². The van der Waals surface area contributed by atoms with Gasteiger partial charge in [-0.15, -0.1) is 23.5 Å². The van der Waals surface area contributed by atoms with Crippen molar-refractivity contribution < 1.29 is 9.53 Å². The fourth-order valence-corrected chi connectivity index (χ4v) is 8.43. The van der Waals surface area contributed by atoms with Crippen LogP contribution in [0.5, 0.6) is 0 Å². The van der Waals surface area contributed by atoms with E-state index in [1.54, 1.807) is 0 Å². The Hall–Kier alpha value is -0.650. The first-order chi connectivity index (χ1) is 10.7. The second kappa shape index (κ2) is 4.46. The molecular weight excluding hydrogens is 314 g/mol. The van der Waals surface area contributed by atoms with E-state index in [0.717, 1.165) is 6.42 Å². The topological polar surface area (TPSA) is 29.5 Å². The molecular formula is C17H19NO2S2. The Morgan fingerprint density at radius 2 is 1.95 bits per heavy atom. The van der Waals surface area contributed by atoms with Crippen molar-refractivity contribution in [2.75, 3.05) is 18.1 Å². The Bertz CT molecular complexity index is 631. The van der Waals surface area contributed by atoms with E-state index in [9.17, 15) is 4.79 Å². The Kier molecular flexibility index (Phi) is 2.79. The number of nitrogens with zero attached hydrogens (tertiary/aromatic N) is 1. The minimum atomic E-state index is -0.392. The lowest BCUT2D eigenvalue weighted by atomic mass is 9.70. The predicted molar refractivity (Wildman–Crippen MR) is 89.6 cm³/mol. The van der Waals surface area contributed by atoms with Crippen LogP contribution in [0.25, 0.3) is 0 Å². The number of ether oxygens (including phenoxy) is 1. The molecule has 0 unspecified atom stereocenters. The van der Waals surface area contributed by atoms with Crippen LogP contribution >= 0.6 is 23.5 Å². The molecule has 3 aliphatic heterocycles. The molecule has 1 aliphatic carbocycles. The number of thioether (sulfide) groups is 2. The standard InChI is InChI=1S/C17H19NO2S2/c1-16-12-9-17(21-7-8-22-17)14(12)15(19)18(16)13(10-20-16)11-5-3-2-4-6-11/h2-6,12-14H,7-10H2,1H3/t12-,13-,14+,16-/m1/s1. The van der Waals surface area contributed by atoms with Crippen molar-refractivity contribution in [3.05, 3.63) is 35.9 Å². The fraction of sp³-hybridized carbons (Fsp3) is 0.588. The van der Waals surface area contributed by atoms with Gasteiger partial charge in [0.2, 0.25) is 5.91 Å². The lowest BCUT2D eigenvalue weighted by Crippen LogP contribution is -2.53. The molecule has 116 valence electrons. The second-order valence-corrected chi connectivity index (χ2v) is 9.91. The van der Waals surface area contributed by atoms with Gasteiger partial charge in [-0.3, -0.25) is 4.79 Å². The number of amides is 1. The highest BCUT2D eigenvalue weighted by molar-refractivity contribution is 8.21. The summed E-state index contributed by atoms with van der Waals surface area (Å²) in [6.07, 6.45) is 1.12. The normalized spacial score (nSPS) is 41.6. The zero-order valence-electron chi connectivity index (χ0n) is 12.5. The molecule has 4 atom stereocenters. The summed E-state index contributed by atoms with van der Waals surface area (Å²) < 4.78 is 6.38. The summed E-state index contributed by atoms with van der Waals surface area (Å²) in [5.41, 5.74) is 0.804. The number of fused-ring (bicyclic) bond motifs is 4. The molecule has 1 aromatic rings. The van der Waals surface area contributed by atoms with E-state index >= 15 is 0 Å². The highest BCUT2D eigenvalue weighted by Gasteiger charge is 2.74. The van der Waals surface area contributed by atoms with Gasteiger partial charge in [0, 0.05) is 17.4 Å². The number of benzene rings is 1. The van der Waals surface area contributed by atoms with Crippen molar-refractivity contribution in [3.8, 4) is 0 Å². The first-order valence-electron chi connectivity index (χ1n) is 7.96. The molecule has 0 aromatic heterocycles. The van der Waals surface area contributed by atoms with Gasteiger partial charge in [-0.25, -0.2) is 0 Å². The van der Waals surface area contributed by atoms with Crippen LogP contribution in [0.2, 0.25) is 0 Å². The van der Waals surface area contributed by atoms with Gasteiger partial charge in [0.05, 0.1) is 22.6 Å². The maximum atomic E-state index is 13.2. The second-order valence-electron chi connectivity index (χ2n) is 6.80. The Balaban J connectivity index is 1.52. The van der Waals surface area contributed by atoms with Crippen molar-refractivity contribution in [2.24, 2.45) is 11.8 Å². The number of carbonyl (C=O) groups excluding carboxylic acids is 1. The smallest absolute Gasteiger partial charge is 0.231 e. The quantitative estimate of drug-likeness (QED) is 0.790. The molecule has 3 heterocycles. The molecule has 1 aromatic carbocycles. The molecule has 4 fully saturated rings. The largest absolute Gasteiger partial charge is 0.353 e. The van der Waals surface area contributed by atoms with Crippen LogP contribution in [0.15, 0.2) is 30.3 Å². The highest BCUT2D eigenvalue weighted by atomic mass is 32.2. The number of hydrogen-bond acceptors (Lipinski definition) is 4. The van der Waals surface area contributed by atoms with Crippen molar-refractivity contribution in [1.82, 2.24) is 4.90 Å². The average molecular weight is 333 g/mol. The van der Waals surface area contributed by atoms with Crippen LogP contribution < -0.4 is 0 Å². The number of hydrogen-bond donors (Lipinski definition) is 0. The van der Waals surface area contributed by atoms with E-state index in [0.29, 0.717) is 18.4 Å². The van der Waals surface area contributed by atoms with E-state index in [-0.39, 0.29) is 16.0 Å². The van der Waals surface area contributed by atoms with Gasteiger partial charge >= 0.3 is 0 Å². The molecule has 3 nitrogen and oxygen atoms in total. The third kappa shape index (κ3) is 1.53. The van der Waals surface area contributed by atoms with Crippen LogP contribution in [0.1, 0.15) is 24.9 Å². The maximum absolute atomic E-state index is 13.2. The molecule has 1 saturated carbocycles. The van der Waals surface area contributed by atoms with E-state index < -0.39 is 5.72 Å². The monoisotopic (exact) mass is 333 g/mol. The zero-order valence-corrected chi connectivity index (χ0v) is 14.2. The SMILES string of the molecule is C[C@]12OC[C@H](c3ccccc3)N1C(=O)[C@@H]1[C@H]2CC12SCCS2. The third-order valence-corrected chi connectivity index (χ3v) is 9.46. The molecule has 5 rings (SSSR count). The summed E-state index contributed by atoms with van der Waals surface area (Å²) in [6.45, 7) is 2.76. The predicted octanol–water partition coefficient (Wildman–Crippen LogP) is 3.13. The van der Waals surface area contributed by atoms with Gasteiger partial charge in [-0.1, -0.05) is 30.3 Å². The summed E-state index contributed by atoms with van der Waals surface area (Å²) in [6, 6.07) is 10.4. The minimum absolute atomic E-state index is 0.0813. The van der Waals surface area contributed by atoms with Crippen molar-refractivity contribution in [3.63, 3.8) is 0 Å². The molecule has 0 bridgehead atoms.